The van der Waals surface area contributed by atoms with E-state index in [4.69, 9.17) is 21.1 Å². The Morgan fingerprint density at radius 3 is 2.43 bits per heavy atom. The van der Waals surface area contributed by atoms with Crippen LogP contribution in [0.15, 0.2) is 76.6 Å². The minimum Gasteiger partial charge on any atom is -0.490 e. The van der Waals surface area contributed by atoms with Crippen molar-refractivity contribution >= 4 is 51.9 Å². The lowest BCUT2D eigenvalue weighted by molar-refractivity contribution is -0.115. The number of carbonyl (C=O) groups is 1. The molecule has 1 aliphatic rings. The van der Waals surface area contributed by atoms with Gasteiger partial charge in [0.15, 0.2) is 16.7 Å². The van der Waals surface area contributed by atoms with Crippen LogP contribution < -0.4 is 19.7 Å². The van der Waals surface area contributed by atoms with E-state index in [2.05, 4.69) is 41.2 Å². The number of thioether (sulfide) groups is 1. The molecule has 4 rings (SSSR count). The Hall–Kier alpha value is -3.42. The van der Waals surface area contributed by atoms with E-state index in [-0.39, 0.29) is 5.91 Å². The van der Waals surface area contributed by atoms with Crippen LogP contribution in [0.25, 0.3) is 6.08 Å². The smallest absolute Gasteiger partial charge is 0.264 e. The van der Waals surface area contributed by atoms with Crippen LogP contribution in [0.3, 0.4) is 0 Å². The highest BCUT2D eigenvalue weighted by Gasteiger charge is 2.24. The molecule has 0 aromatic heterocycles. The van der Waals surface area contributed by atoms with E-state index >= 15 is 0 Å². The number of amidine groups is 1. The second-order valence-electron chi connectivity index (χ2n) is 8.19. The van der Waals surface area contributed by atoms with Gasteiger partial charge in [-0.3, -0.25) is 4.79 Å². The van der Waals surface area contributed by atoms with Crippen LogP contribution in [0.5, 0.6) is 11.5 Å². The highest BCUT2D eigenvalue weighted by atomic mass is 35.5. The molecule has 192 valence electrons. The molecule has 1 saturated heterocycles. The van der Waals surface area contributed by atoms with Crippen molar-refractivity contribution in [3.8, 4) is 11.5 Å². The number of benzene rings is 3. The highest BCUT2D eigenvalue weighted by Crippen LogP contribution is 2.33. The first-order chi connectivity index (χ1) is 18.0. The molecule has 0 atom stereocenters. The van der Waals surface area contributed by atoms with E-state index in [1.54, 1.807) is 0 Å². The zero-order valence-corrected chi connectivity index (χ0v) is 22.7. The summed E-state index contributed by atoms with van der Waals surface area (Å²) in [5.41, 5.74) is 3.67. The number of nitrogens with one attached hydrogen (secondary N) is 1. The number of aliphatic imine (C=N–C) groups is 1. The first kappa shape index (κ1) is 26.6. The third kappa shape index (κ3) is 6.87. The summed E-state index contributed by atoms with van der Waals surface area (Å²) in [7, 11) is 0. The van der Waals surface area contributed by atoms with Crippen LogP contribution in [-0.4, -0.2) is 30.8 Å². The molecule has 0 unspecified atom stereocenters. The molecule has 1 fully saturated rings. The van der Waals surface area contributed by atoms with Gasteiger partial charge >= 0.3 is 0 Å². The fraction of sp³-hybridized carbons (Fsp3) is 0.241. The molecule has 0 aliphatic carbocycles. The molecule has 3 aromatic rings. The third-order valence-corrected chi connectivity index (χ3v) is 7.04. The van der Waals surface area contributed by atoms with Gasteiger partial charge in [-0.05, 0) is 86.6 Å². The quantitative estimate of drug-likeness (QED) is 0.282. The first-order valence-corrected chi connectivity index (χ1v) is 13.5. The standard InChI is InChI=1S/C29H30ClN3O3S/c1-4-33(5-2)23-14-12-22(13-15-23)31-29-32-28(34)27(37-29)18-20-11-16-25(26(17-20)35-6-3)36-19-21-9-7-8-10-24(21)30/h7-18H,4-6,19H2,1-3H3,(H,31,32,34). The van der Waals surface area contributed by atoms with Gasteiger partial charge in [0, 0.05) is 29.4 Å². The topological polar surface area (TPSA) is 63.2 Å². The second-order valence-corrected chi connectivity index (χ2v) is 9.63. The van der Waals surface area contributed by atoms with Gasteiger partial charge in [-0.15, -0.1) is 0 Å². The summed E-state index contributed by atoms with van der Waals surface area (Å²) < 4.78 is 11.8. The van der Waals surface area contributed by atoms with Gasteiger partial charge in [-0.2, -0.15) is 0 Å². The molecule has 1 N–H and O–H groups in total. The Labute approximate surface area is 227 Å². The molecule has 0 radical (unpaired) electrons. The molecule has 6 nitrogen and oxygen atoms in total. The summed E-state index contributed by atoms with van der Waals surface area (Å²) in [6, 6.07) is 21.2. The van der Waals surface area contributed by atoms with E-state index in [9.17, 15) is 4.79 Å². The number of carbonyl (C=O) groups excluding carboxylic acids is 1. The molecule has 0 saturated carbocycles. The third-order valence-electron chi connectivity index (χ3n) is 5.77. The predicted octanol–water partition coefficient (Wildman–Crippen LogP) is 7.06. The summed E-state index contributed by atoms with van der Waals surface area (Å²) in [6.07, 6.45) is 1.83. The Bertz CT molecular complexity index is 1300. The average Bonchev–Trinajstić information content (AvgIpc) is 3.24. The molecule has 1 aliphatic heterocycles. The van der Waals surface area contributed by atoms with Crippen LogP contribution >= 0.6 is 23.4 Å². The number of amides is 1. The van der Waals surface area contributed by atoms with Crippen LogP contribution in [0.2, 0.25) is 5.02 Å². The lowest BCUT2D eigenvalue weighted by Gasteiger charge is -2.20. The van der Waals surface area contributed by atoms with Crippen LogP contribution in [0.1, 0.15) is 31.9 Å². The number of hydrogen-bond donors (Lipinski definition) is 1. The van der Waals surface area contributed by atoms with Gasteiger partial charge in [0.05, 0.1) is 17.2 Å². The van der Waals surface area contributed by atoms with Crippen molar-refractivity contribution in [3.05, 3.63) is 87.8 Å². The van der Waals surface area contributed by atoms with Gasteiger partial charge in [0.25, 0.3) is 5.91 Å². The molecule has 1 amide bonds. The zero-order chi connectivity index (χ0) is 26.2. The number of anilines is 1. The van der Waals surface area contributed by atoms with Crippen molar-refractivity contribution in [3.63, 3.8) is 0 Å². The fourth-order valence-corrected chi connectivity index (χ4v) is 4.88. The summed E-state index contributed by atoms with van der Waals surface area (Å²) >= 11 is 7.56. The highest BCUT2D eigenvalue weighted by molar-refractivity contribution is 8.18. The Morgan fingerprint density at radius 1 is 0.973 bits per heavy atom. The van der Waals surface area contributed by atoms with Crippen molar-refractivity contribution in [1.29, 1.82) is 0 Å². The largest absolute Gasteiger partial charge is 0.490 e. The number of hydrogen-bond acceptors (Lipinski definition) is 6. The fourth-order valence-electron chi connectivity index (χ4n) is 3.85. The predicted molar refractivity (Wildman–Crippen MR) is 154 cm³/mol. The molecule has 8 heteroatoms. The minimum absolute atomic E-state index is 0.180. The van der Waals surface area contributed by atoms with Gasteiger partial charge in [-0.1, -0.05) is 35.9 Å². The molecule has 3 aromatic carbocycles. The lowest BCUT2D eigenvalue weighted by Crippen LogP contribution is -2.21. The van der Waals surface area contributed by atoms with Gasteiger partial charge in [0.2, 0.25) is 0 Å². The molecular formula is C29H30ClN3O3S. The lowest BCUT2D eigenvalue weighted by atomic mass is 10.2. The average molecular weight is 536 g/mol. The van der Waals surface area contributed by atoms with Gasteiger partial charge < -0.3 is 19.7 Å². The maximum atomic E-state index is 12.6. The Morgan fingerprint density at radius 2 is 1.73 bits per heavy atom. The van der Waals surface area contributed by atoms with E-state index in [0.717, 1.165) is 35.6 Å². The molecule has 0 bridgehead atoms. The number of halogens is 1. The molecule has 37 heavy (non-hydrogen) atoms. The van der Waals surface area contributed by atoms with Crippen LogP contribution in [0, 0.1) is 0 Å². The SMILES string of the molecule is CCOc1cc(C=C2SC(=Nc3ccc(N(CC)CC)cc3)NC2=O)ccc1OCc1ccccc1Cl. The number of rotatable bonds is 10. The Balaban J connectivity index is 1.48. The van der Waals surface area contributed by atoms with Crippen molar-refractivity contribution in [2.24, 2.45) is 4.99 Å². The van der Waals surface area contributed by atoms with E-state index in [1.807, 2.05) is 67.6 Å². The zero-order valence-electron chi connectivity index (χ0n) is 21.2. The molecular weight excluding hydrogens is 506 g/mol. The van der Waals surface area contributed by atoms with Crippen molar-refractivity contribution in [2.45, 2.75) is 27.4 Å². The summed E-state index contributed by atoms with van der Waals surface area (Å²) in [6.45, 7) is 8.90. The Kier molecular flexibility index (Phi) is 9.14. The van der Waals surface area contributed by atoms with Crippen molar-refractivity contribution < 1.29 is 14.3 Å². The van der Waals surface area contributed by atoms with Crippen LogP contribution in [-0.2, 0) is 11.4 Å². The summed E-state index contributed by atoms with van der Waals surface area (Å²) in [5.74, 6) is 1.04. The van der Waals surface area contributed by atoms with Gasteiger partial charge in [-0.25, -0.2) is 4.99 Å². The van der Waals surface area contributed by atoms with Crippen molar-refractivity contribution in [1.82, 2.24) is 5.32 Å². The molecule has 1 heterocycles. The molecule has 0 spiro atoms. The maximum absolute atomic E-state index is 12.6. The van der Waals surface area contributed by atoms with Crippen LogP contribution in [0.4, 0.5) is 11.4 Å². The number of nitrogens with zero attached hydrogens (tertiary/aromatic N) is 2. The monoisotopic (exact) mass is 535 g/mol. The summed E-state index contributed by atoms with van der Waals surface area (Å²) in [5, 5.41) is 4.06. The maximum Gasteiger partial charge on any atom is 0.264 e. The van der Waals surface area contributed by atoms with E-state index in [1.165, 1.54) is 11.8 Å². The normalized spacial score (nSPS) is 15.2. The van der Waals surface area contributed by atoms with Gasteiger partial charge in [0.1, 0.15) is 6.61 Å². The van der Waals surface area contributed by atoms with E-state index < -0.39 is 0 Å². The first-order valence-electron chi connectivity index (χ1n) is 12.3. The minimum atomic E-state index is -0.180. The van der Waals surface area contributed by atoms with Crippen molar-refractivity contribution in [2.75, 3.05) is 24.6 Å². The summed E-state index contributed by atoms with van der Waals surface area (Å²) in [4.78, 5) is 20.1. The number of ether oxygens (including phenoxy) is 2. The van der Waals surface area contributed by atoms with E-state index in [0.29, 0.717) is 39.8 Å². The second kappa shape index (κ2) is 12.7.